The average Bonchev–Trinajstić information content (AvgIpc) is 2.84. The second kappa shape index (κ2) is 13.8. The predicted octanol–water partition coefficient (Wildman–Crippen LogP) is 4.76. The van der Waals surface area contributed by atoms with Crippen LogP contribution in [-0.4, -0.2) is 49.8 Å². The molecule has 0 radical (unpaired) electrons. The first kappa shape index (κ1) is 29.1. The van der Waals surface area contributed by atoms with Crippen molar-refractivity contribution in [2.24, 2.45) is 0 Å². The average molecular weight is 515 g/mol. The van der Waals surface area contributed by atoms with Gasteiger partial charge in [-0.25, -0.2) is 14.0 Å². The van der Waals surface area contributed by atoms with Gasteiger partial charge in [0.25, 0.3) is 0 Å². The minimum absolute atomic E-state index is 0.00528. The first-order valence-corrected chi connectivity index (χ1v) is 11.3. The smallest absolute Gasteiger partial charge is 0.333 e. The van der Waals surface area contributed by atoms with Gasteiger partial charge in [0.2, 0.25) is 6.29 Å². The molecule has 0 bridgehead atoms. The second-order valence-corrected chi connectivity index (χ2v) is 8.18. The van der Waals surface area contributed by atoms with Crippen LogP contribution < -0.4 is 14.2 Å². The van der Waals surface area contributed by atoms with Gasteiger partial charge in [0.05, 0.1) is 0 Å². The highest BCUT2D eigenvalue weighted by Crippen LogP contribution is 2.32. The van der Waals surface area contributed by atoms with Crippen molar-refractivity contribution in [3.63, 3.8) is 0 Å². The summed E-state index contributed by atoms with van der Waals surface area (Å²) in [6.45, 7) is 15.3. The van der Waals surface area contributed by atoms with Gasteiger partial charge in [-0.05, 0) is 61.7 Å². The molecule has 198 valence electrons. The molecule has 1 atom stereocenters. The standard InChI is InChI=1S/C28H31FO8/c1-17(2)26(30)35-11-9-33-22-13-21(14-23(16-22)34-10-12-36-27(31)18(3)4)20-7-8-25(24(29)15-20)37-28(32)19(5)6/h7-8,13-16,28,32H,1,3,5,9-12H2,2,4,6H3. The van der Waals surface area contributed by atoms with Crippen LogP contribution in [0.25, 0.3) is 11.1 Å². The third-order valence-corrected chi connectivity index (χ3v) is 4.67. The molecule has 0 aliphatic rings. The van der Waals surface area contributed by atoms with Crippen molar-refractivity contribution in [2.75, 3.05) is 26.4 Å². The molecule has 0 heterocycles. The molecule has 2 aromatic rings. The van der Waals surface area contributed by atoms with E-state index in [9.17, 15) is 19.1 Å². The zero-order chi connectivity index (χ0) is 27.5. The van der Waals surface area contributed by atoms with Crippen LogP contribution in [0.4, 0.5) is 4.39 Å². The number of rotatable bonds is 14. The molecular weight excluding hydrogens is 483 g/mol. The molecule has 0 fully saturated rings. The maximum Gasteiger partial charge on any atom is 0.333 e. The fraction of sp³-hybridized carbons (Fsp3) is 0.286. The van der Waals surface area contributed by atoms with Gasteiger partial charge in [-0.3, -0.25) is 0 Å². The second-order valence-electron chi connectivity index (χ2n) is 8.18. The van der Waals surface area contributed by atoms with Crippen LogP contribution in [0, 0.1) is 5.82 Å². The molecule has 0 aliphatic heterocycles. The molecule has 0 saturated carbocycles. The van der Waals surface area contributed by atoms with E-state index in [-0.39, 0.29) is 43.3 Å². The van der Waals surface area contributed by atoms with Crippen molar-refractivity contribution >= 4 is 11.9 Å². The fourth-order valence-electron chi connectivity index (χ4n) is 2.74. The molecule has 8 nitrogen and oxygen atoms in total. The quantitative estimate of drug-likeness (QED) is 0.127. The van der Waals surface area contributed by atoms with Crippen molar-refractivity contribution in [1.29, 1.82) is 0 Å². The maximum absolute atomic E-state index is 14.7. The molecule has 0 saturated heterocycles. The zero-order valence-corrected chi connectivity index (χ0v) is 21.2. The van der Waals surface area contributed by atoms with Crippen molar-refractivity contribution in [1.82, 2.24) is 0 Å². The minimum atomic E-state index is -1.34. The summed E-state index contributed by atoms with van der Waals surface area (Å²) >= 11 is 0. The van der Waals surface area contributed by atoms with Gasteiger partial charge in [0.15, 0.2) is 11.6 Å². The number of carbonyl (C=O) groups is 2. The monoisotopic (exact) mass is 514 g/mol. The highest BCUT2D eigenvalue weighted by molar-refractivity contribution is 5.87. The molecule has 37 heavy (non-hydrogen) atoms. The van der Waals surface area contributed by atoms with Gasteiger partial charge < -0.3 is 28.8 Å². The molecule has 0 spiro atoms. The summed E-state index contributed by atoms with van der Waals surface area (Å²) in [6.07, 6.45) is -1.34. The number of aliphatic hydroxyl groups excluding tert-OH is 1. The molecule has 0 aliphatic carbocycles. The van der Waals surface area contributed by atoms with Gasteiger partial charge in [-0.1, -0.05) is 25.8 Å². The highest BCUT2D eigenvalue weighted by atomic mass is 19.1. The number of ether oxygens (including phenoxy) is 5. The molecule has 2 aromatic carbocycles. The molecule has 9 heteroatoms. The van der Waals surface area contributed by atoms with Gasteiger partial charge in [-0.15, -0.1) is 0 Å². The lowest BCUT2D eigenvalue weighted by Gasteiger charge is -2.15. The van der Waals surface area contributed by atoms with Crippen LogP contribution in [0.1, 0.15) is 20.8 Å². The number of halogens is 1. The van der Waals surface area contributed by atoms with Crippen molar-refractivity contribution in [2.45, 2.75) is 27.1 Å². The van der Waals surface area contributed by atoms with E-state index >= 15 is 0 Å². The topological polar surface area (TPSA) is 101 Å². The van der Waals surface area contributed by atoms with E-state index in [1.807, 2.05) is 0 Å². The molecule has 1 unspecified atom stereocenters. The summed E-state index contributed by atoms with van der Waals surface area (Å²) in [5.74, 6) is -1.14. The van der Waals surface area contributed by atoms with E-state index in [0.29, 0.717) is 28.2 Å². The van der Waals surface area contributed by atoms with Crippen molar-refractivity contribution < 1.29 is 42.8 Å². The third kappa shape index (κ3) is 9.46. The third-order valence-electron chi connectivity index (χ3n) is 4.67. The lowest BCUT2D eigenvalue weighted by atomic mass is 10.0. The SMILES string of the molecule is C=C(C)C(=O)OCCOc1cc(OCCOC(=O)C(=C)C)cc(-c2ccc(OC(O)C(=C)C)c(F)c2)c1. The number of esters is 2. The number of hydrogen-bond donors (Lipinski definition) is 1. The predicted molar refractivity (Wildman–Crippen MR) is 136 cm³/mol. The highest BCUT2D eigenvalue weighted by Gasteiger charge is 2.14. The number of aliphatic hydroxyl groups is 1. The lowest BCUT2D eigenvalue weighted by Crippen LogP contribution is -2.16. The van der Waals surface area contributed by atoms with Crippen LogP contribution in [0.2, 0.25) is 0 Å². The zero-order valence-electron chi connectivity index (χ0n) is 21.2. The summed E-state index contributed by atoms with van der Waals surface area (Å²) in [4.78, 5) is 23.1. The Labute approximate surface area is 215 Å². The Bertz CT molecular complexity index is 1120. The maximum atomic E-state index is 14.7. The van der Waals surface area contributed by atoms with Crippen molar-refractivity contribution in [3.05, 3.63) is 78.7 Å². The fourth-order valence-corrected chi connectivity index (χ4v) is 2.74. The van der Waals surface area contributed by atoms with Crippen LogP contribution in [0.3, 0.4) is 0 Å². The largest absolute Gasteiger partial charge is 0.490 e. The minimum Gasteiger partial charge on any atom is -0.490 e. The van der Waals surface area contributed by atoms with Crippen LogP contribution >= 0.6 is 0 Å². The van der Waals surface area contributed by atoms with E-state index in [1.165, 1.54) is 12.1 Å². The van der Waals surface area contributed by atoms with E-state index < -0.39 is 24.0 Å². The number of carbonyl (C=O) groups excluding carboxylic acids is 2. The number of hydrogen-bond acceptors (Lipinski definition) is 8. The lowest BCUT2D eigenvalue weighted by molar-refractivity contribution is -0.140. The molecular formula is C28H31FO8. The Morgan fingerprint density at radius 2 is 1.32 bits per heavy atom. The first-order chi connectivity index (χ1) is 17.5. The van der Waals surface area contributed by atoms with E-state index in [0.717, 1.165) is 0 Å². The van der Waals surface area contributed by atoms with Gasteiger partial charge in [-0.2, -0.15) is 0 Å². The molecule has 1 N–H and O–H groups in total. The molecule has 0 amide bonds. The van der Waals surface area contributed by atoms with Crippen LogP contribution in [0.15, 0.2) is 72.9 Å². The van der Waals surface area contributed by atoms with Crippen molar-refractivity contribution in [3.8, 4) is 28.4 Å². The molecule has 0 aromatic heterocycles. The van der Waals surface area contributed by atoms with Gasteiger partial charge in [0, 0.05) is 17.2 Å². The Balaban J connectivity index is 2.21. The first-order valence-electron chi connectivity index (χ1n) is 11.3. The summed E-state index contributed by atoms with van der Waals surface area (Å²) < 4.78 is 41.3. The van der Waals surface area contributed by atoms with Gasteiger partial charge in [0.1, 0.15) is 37.9 Å². The molecule has 2 rings (SSSR count). The summed E-state index contributed by atoms with van der Waals surface area (Å²) in [7, 11) is 0. The van der Waals surface area contributed by atoms with E-state index in [4.69, 9.17) is 23.7 Å². The van der Waals surface area contributed by atoms with E-state index in [1.54, 1.807) is 45.0 Å². The van der Waals surface area contributed by atoms with Crippen LogP contribution in [0.5, 0.6) is 17.2 Å². The Hall–Kier alpha value is -4.11. The Kier molecular flexibility index (Phi) is 10.9. The summed E-state index contributed by atoms with van der Waals surface area (Å²) in [5, 5.41) is 9.80. The van der Waals surface area contributed by atoms with Gasteiger partial charge >= 0.3 is 11.9 Å². The van der Waals surface area contributed by atoms with Crippen LogP contribution in [-0.2, 0) is 19.1 Å². The summed E-state index contributed by atoms with van der Waals surface area (Å²) in [6, 6.07) is 9.15. The normalized spacial score (nSPS) is 11.2. The number of benzene rings is 2. The Morgan fingerprint density at radius 3 is 1.76 bits per heavy atom. The van der Waals surface area contributed by atoms with E-state index in [2.05, 4.69) is 19.7 Å². The summed E-state index contributed by atoms with van der Waals surface area (Å²) in [5.41, 5.74) is 1.91. The Morgan fingerprint density at radius 1 is 0.811 bits per heavy atom.